The van der Waals surface area contributed by atoms with E-state index in [0.717, 1.165) is 12.8 Å². The van der Waals surface area contributed by atoms with Gasteiger partial charge in [0.2, 0.25) is 0 Å². The number of piperidine rings is 1. The molecule has 1 aromatic rings. The zero-order valence-corrected chi connectivity index (χ0v) is 13.9. The molecule has 0 aromatic heterocycles. The largest absolute Gasteiger partial charge is 0.484 e. The highest BCUT2D eigenvalue weighted by Gasteiger charge is 2.40. The molecule has 7 heteroatoms. The lowest BCUT2D eigenvalue weighted by atomic mass is 9.84. The van der Waals surface area contributed by atoms with Crippen LogP contribution in [0.4, 0.5) is 4.39 Å². The summed E-state index contributed by atoms with van der Waals surface area (Å²) in [5, 5.41) is 9.27. The molecule has 2 fully saturated rings. The molecule has 0 aliphatic carbocycles. The normalized spacial score (nSPS) is 24.3. The van der Waals surface area contributed by atoms with Gasteiger partial charge in [0, 0.05) is 19.7 Å². The van der Waals surface area contributed by atoms with Gasteiger partial charge >= 0.3 is 5.97 Å². The van der Waals surface area contributed by atoms with Crippen molar-refractivity contribution in [2.75, 3.05) is 26.3 Å². The summed E-state index contributed by atoms with van der Waals surface area (Å²) in [6.45, 7) is 1.55. The van der Waals surface area contributed by atoms with Crippen molar-refractivity contribution in [3.8, 4) is 5.75 Å². The average molecular weight is 351 g/mol. The van der Waals surface area contributed by atoms with E-state index in [-0.39, 0.29) is 30.4 Å². The molecule has 1 amide bonds. The molecule has 1 N–H and O–H groups in total. The number of halogens is 1. The number of carbonyl (C=O) groups is 2. The van der Waals surface area contributed by atoms with E-state index >= 15 is 0 Å². The molecule has 6 nitrogen and oxygen atoms in total. The summed E-state index contributed by atoms with van der Waals surface area (Å²) in [6, 6.07) is 5.54. The number of ether oxygens (including phenoxy) is 2. The van der Waals surface area contributed by atoms with Crippen LogP contribution < -0.4 is 4.74 Å². The molecule has 136 valence electrons. The van der Waals surface area contributed by atoms with Crippen molar-refractivity contribution in [3.63, 3.8) is 0 Å². The highest BCUT2D eigenvalue weighted by atomic mass is 19.1. The summed E-state index contributed by atoms with van der Waals surface area (Å²) in [7, 11) is 0. The smallest absolute Gasteiger partial charge is 0.309 e. The number of amides is 1. The summed E-state index contributed by atoms with van der Waals surface area (Å²) in [6.07, 6.45) is 1.78. The number of hydrogen-bond acceptors (Lipinski definition) is 4. The van der Waals surface area contributed by atoms with Crippen molar-refractivity contribution < 1.29 is 28.6 Å². The first-order chi connectivity index (χ1) is 12.0. The van der Waals surface area contributed by atoms with Crippen LogP contribution in [0.5, 0.6) is 5.75 Å². The van der Waals surface area contributed by atoms with E-state index in [9.17, 15) is 19.1 Å². The van der Waals surface area contributed by atoms with Gasteiger partial charge in [0.05, 0.1) is 12.0 Å². The van der Waals surface area contributed by atoms with Gasteiger partial charge in [-0.15, -0.1) is 0 Å². The fraction of sp³-hybridized carbons (Fsp3) is 0.556. The van der Waals surface area contributed by atoms with Crippen LogP contribution in [0.2, 0.25) is 0 Å². The van der Waals surface area contributed by atoms with Crippen LogP contribution in [-0.4, -0.2) is 54.3 Å². The van der Waals surface area contributed by atoms with Gasteiger partial charge in [0.1, 0.15) is 11.6 Å². The zero-order valence-electron chi connectivity index (χ0n) is 13.9. The van der Waals surface area contributed by atoms with Crippen LogP contribution in [0.1, 0.15) is 19.3 Å². The maximum atomic E-state index is 12.8. The summed E-state index contributed by atoms with van der Waals surface area (Å²) < 4.78 is 23.9. The Kier molecular flexibility index (Phi) is 5.53. The van der Waals surface area contributed by atoms with Gasteiger partial charge in [-0.2, -0.15) is 0 Å². The van der Waals surface area contributed by atoms with Gasteiger partial charge in [-0.05, 0) is 49.4 Å². The summed E-state index contributed by atoms with van der Waals surface area (Å²) in [5.41, 5.74) is 0. The van der Waals surface area contributed by atoms with Crippen molar-refractivity contribution in [2.45, 2.75) is 25.4 Å². The van der Waals surface area contributed by atoms with E-state index in [2.05, 4.69) is 0 Å². The first-order valence-electron chi connectivity index (χ1n) is 8.55. The summed E-state index contributed by atoms with van der Waals surface area (Å²) in [4.78, 5) is 25.3. The number of benzene rings is 1. The van der Waals surface area contributed by atoms with Crippen molar-refractivity contribution in [1.82, 2.24) is 4.90 Å². The quantitative estimate of drug-likeness (QED) is 0.877. The van der Waals surface area contributed by atoms with Gasteiger partial charge < -0.3 is 19.5 Å². The minimum absolute atomic E-state index is 0.0893. The molecule has 25 heavy (non-hydrogen) atoms. The van der Waals surface area contributed by atoms with E-state index in [4.69, 9.17) is 9.47 Å². The molecule has 0 saturated carbocycles. The molecular formula is C18H22FNO5. The lowest BCUT2D eigenvalue weighted by Gasteiger charge is -2.35. The molecule has 2 aliphatic rings. The van der Waals surface area contributed by atoms with Crippen LogP contribution in [-0.2, 0) is 14.3 Å². The number of likely N-dealkylation sites (tertiary alicyclic amines) is 1. The molecule has 0 bridgehead atoms. The number of nitrogens with zero attached hydrogens (tertiary/aromatic N) is 1. The molecule has 2 heterocycles. The second-order valence-corrected chi connectivity index (χ2v) is 6.53. The van der Waals surface area contributed by atoms with Crippen LogP contribution in [0.3, 0.4) is 0 Å². The Bertz CT molecular complexity index is 612. The minimum Gasteiger partial charge on any atom is -0.484 e. The third-order valence-electron chi connectivity index (χ3n) is 4.99. The van der Waals surface area contributed by atoms with E-state index < -0.39 is 11.9 Å². The van der Waals surface area contributed by atoms with E-state index in [0.29, 0.717) is 31.9 Å². The van der Waals surface area contributed by atoms with Crippen LogP contribution in [0.25, 0.3) is 0 Å². The fourth-order valence-electron chi connectivity index (χ4n) is 3.58. The van der Waals surface area contributed by atoms with Crippen LogP contribution >= 0.6 is 0 Å². The highest BCUT2D eigenvalue weighted by Crippen LogP contribution is 2.33. The number of hydrogen-bond donors (Lipinski definition) is 1. The lowest BCUT2D eigenvalue weighted by molar-refractivity contribution is -0.146. The van der Waals surface area contributed by atoms with Gasteiger partial charge in [-0.1, -0.05) is 0 Å². The van der Waals surface area contributed by atoms with Gasteiger partial charge in [-0.3, -0.25) is 9.59 Å². The van der Waals surface area contributed by atoms with Gasteiger partial charge in [0.15, 0.2) is 6.61 Å². The third-order valence-corrected chi connectivity index (χ3v) is 4.99. The Balaban J connectivity index is 1.46. The minimum atomic E-state index is -0.797. The van der Waals surface area contributed by atoms with E-state index in [1.54, 1.807) is 4.90 Å². The Morgan fingerprint density at radius 3 is 2.52 bits per heavy atom. The number of carboxylic acid groups (broad SMARTS) is 1. The van der Waals surface area contributed by atoms with Gasteiger partial charge in [-0.25, -0.2) is 4.39 Å². The first-order valence-corrected chi connectivity index (χ1v) is 8.55. The molecule has 2 saturated heterocycles. The average Bonchev–Trinajstić information content (AvgIpc) is 3.11. The number of aliphatic carboxylic acids is 1. The van der Waals surface area contributed by atoms with Crippen molar-refractivity contribution in [3.05, 3.63) is 30.1 Å². The molecular weight excluding hydrogens is 329 g/mol. The van der Waals surface area contributed by atoms with E-state index in [1.165, 1.54) is 24.3 Å². The van der Waals surface area contributed by atoms with Crippen LogP contribution in [0.15, 0.2) is 24.3 Å². The topological polar surface area (TPSA) is 76.1 Å². The second kappa shape index (κ2) is 7.82. The molecule has 3 rings (SSSR count). The monoisotopic (exact) mass is 351 g/mol. The third kappa shape index (κ3) is 4.28. The second-order valence-electron chi connectivity index (χ2n) is 6.53. The molecule has 1 aromatic carbocycles. The first kappa shape index (κ1) is 17.7. The van der Waals surface area contributed by atoms with Crippen LogP contribution in [0, 0.1) is 17.7 Å². The SMILES string of the molecule is O=C(O)C1CCO[C@H]1C1CCN(C(=O)COc2ccc(F)cc2)CC1. The summed E-state index contributed by atoms with van der Waals surface area (Å²) in [5.74, 6) is -1.08. The van der Waals surface area contributed by atoms with Crippen molar-refractivity contribution in [2.24, 2.45) is 11.8 Å². The maximum Gasteiger partial charge on any atom is 0.309 e. The molecule has 1 unspecified atom stereocenters. The Hall–Kier alpha value is -2.15. The Morgan fingerprint density at radius 1 is 1.20 bits per heavy atom. The standard InChI is InChI=1S/C18H22FNO5/c19-13-1-3-14(4-2-13)25-11-16(21)20-8-5-12(6-9-20)17-15(18(22)23)7-10-24-17/h1-4,12,15,17H,5-11H2,(H,22,23)/t15?,17-/m0/s1. The lowest BCUT2D eigenvalue weighted by Crippen LogP contribution is -2.44. The number of rotatable bonds is 5. The Labute approximate surface area is 145 Å². The molecule has 2 aliphatic heterocycles. The maximum absolute atomic E-state index is 12.8. The Morgan fingerprint density at radius 2 is 1.88 bits per heavy atom. The number of carboxylic acids is 1. The predicted octanol–water partition coefficient (Wildman–Crippen LogP) is 1.93. The molecule has 2 atom stereocenters. The molecule has 0 spiro atoms. The van der Waals surface area contributed by atoms with Gasteiger partial charge in [0.25, 0.3) is 5.91 Å². The van der Waals surface area contributed by atoms with Crippen molar-refractivity contribution >= 4 is 11.9 Å². The number of carbonyl (C=O) groups excluding carboxylic acids is 1. The molecule has 0 radical (unpaired) electrons. The zero-order chi connectivity index (χ0) is 17.8. The predicted molar refractivity (Wildman–Crippen MR) is 86.7 cm³/mol. The highest BCUT2D eigenvalue weighted by molar-refractivity contribution is 5.77. The summed E-state index contributed by atoms with van der Waals surface area (Å²) >= 11 is 0. The fourth-order valence-corrected chi connectivity index (χ4v) is 3.58. The van der Waals surface area contributed by atoms with E-state index in [1.807, 2.05) is 0 Å². The van der Waals surface area contributed by atoms with Crippen molar-refractivity contribution in [1.29, 1.82) is 0 Å².